The minimum Gasteiger partial charge on any atom is -0.369 e. The molecule has 6 nitrogen and oxygen atoms in total. The Labute approximate surface area is 201 Å². The maximum absolute atomic E-state index is 13.0. The van der Waals surface area contributed by atoms with Gasteiger partial charge < -0.3 is 20.4 Å². The third-order valence-corrected chi connectivity index (χ3v) is 6.64. The fourth-order valence-corrected chi connectivity index (χ4v) is 4.78. The summed E-state index contributed by atoms with van der Waals surface area (Å²) in [7, 11) is 0. The third kappa shape index (κ3) is 8.65. The largest absolute Gasteiger partial charge is 0.416 e. The molecule has 9 heteroatoms. The van der Waals surface area contributed by atoms with Crippen LogP contribution in [0.4, 0.5) is 23.7 Å². The first-order valence-electron chi connectivity index (χ1n) is 12.6. The zero-order valence-corrected chi connectivity index (χ0v) is 20.5. The molecule has 0 unspecified atom stereocenters. The molecule has 2 aliphatic rings. The SMILES string of the molecule is CC(C)CN1CCC(NC(=O)NCCCCN2CCN(c3cccc(C(F)(F)F)c3)CC2)CC1. The fraction of sp³-hybridized carbons (Fsp3) is 0.720. The van der Waals surface area contributed by atoms with Crippen LogP contribution in [0, 0.1) is 5.92 Å². The summed E-state index contributed by atoms with van der Waals surface area (Å²) in [6.07, 6.45) is -0.404. The van der Waals surface area contributed by atoms with E-state index in [1.165, 1.54) is 12.1 Å². The fourth-order valence-electron chi connectivity index (χ4n) is 4.78. The topological polar surface area (TPSA) is 50.9 Å². The zero-order chi connectivity index (χ0) is 24.6. The van der Waals surface area contributed by atoms with Crippen LogP contribution < -0.4 is 15.5 Å². The molecule has 1 aromatic carbocycles. The number of alkyl halides is 3. The standard InChI is InChI=1S/C25H40F3N5O/c1-20(2)19-32-12-8-22(9-13-32)30-24(34)29-10-3-4-11-31-14-16-33(17-15-31)23-7-5-6-21(18-23)25(26,27)28/h5-7,18,20,22H,3-4,8-17,19H2,1-2H3,(H2,29,30,34). The lowest BCUT2D eigenvalue weighted by Crippen LogP contribution is -2.48. The number of benzene rings is 1. The highest BCUT2D eigenvalue weighted by Crippen LogP contribution is 2.31. The van der Waals surface area contributed by atoms with Gasteiger partial charge in [0.1, 0.15) is 0 Å². The summed E-state index contributed by atoms with van der Waals surface area (Å²) in [5.74, 6) is 0.673. The van der Waals surface area contributed by atoms with E-state index in [0.717, 1.165) is 84.1 Å². The van der Waals surface area contributed by atoms with Crippen LogP contribution in [0.2, 0.25) is 0 Å². The number of hydrogen-bond acceptors (Lipinski definition) is 4. The number of carbonyl (C=O) groups is 1. The molecule has 0 saturated carbocycles. The average Bonchev–Trinajstić information content (AvgIpc) is 2.80. The maximum Gasteiger partial charge on any atom is 0.416 e. The van der Waals surface area contributed by atoms with Crippen molar-refractivity contribution in [2.75, 3.05) is 63.8 Å². The van der Waals surface area contributed by atoms with Crippen LogP contribution in [0.3, 0.4) is 0 Å². The van der Waals surface area contributed by atoms with E-state index in [-0.39, 0.29) is 12.1 Å². The van der Waals surface area contributed by atoms with E-state index in [1.807, 2.05) is 4.90 Å². The van der Waals surface area contributed by atoms with Crippen molar-refractivity contribution in [3.8, 4) is 0 Å². The van der Waals surface area contributed by atoms with Gasteiger partial charge in [0.05, 0.1) is 5.56 Å². The number of piperazine rings is 1. The molecule has 2 heterocycles. The number of urea groups is 1. The molecule has 0 spiro atoms. The molecule has 2 aliphatic heterocycles. The molecule has 2 saturated heterocycles. The summed E-state index contributed by atoms with van der Waals surface area (Å²) in [5.41, 5.74) is 0.0378. The molecule has 192 valence electrons. The predicted molar refractivity (Wildman–Crippen MR) is 130 cm³/mol. The summed E-state index contributed by atoms with van der Waals surface area (Å²) in [6.45, 7) is 12.4. The van der Waals surface area contributed by atoms with E-state index in [2.05, 4.69) is 34.3 Å². The summed E-state index contributed by atoms with van der Waals surface area (Å²) >= 11 is 0. The van der Waals surface area contributed by atoms with Crippen molar-refractivity contribution >= 4 is 11.7 Å². The lowest BCUT2D eigenvalue weighted by atomic mass is 10.0. The van der Waals surface area contributed by atoms with Crippen molar-refractivity contribution in [3.63, 3.8) is 0 Å². The van der Waals surface area contributed by atoms with E-state index >= 15 is 0 Å². The average molecular weight is 484 g/mol. The minimum absolute atomic E-state index is 0.0722. The van der Waals surface area contributed by atoms with E-state index in [4.69, 9.17) is 0 Å². The van der Waals surface area contributed by atoms with Crippen molar-refractivity contribution < 1.29 is 18.0 Å². The summed E-state index contributed by atoms with van der Waals surface area (Å²) in [5, 5.41) is 6.08. The number of amides is 2. The molecule has 1 aromatic rings. The van der Waals surface area contributed by atoms with Gasteiger partial charge in [-0.05, 0) is 56.3 Å². The van der Waals surface area contributed by atoms with Crippen LogP contribution in [-0.2, 0) is 6.18 Å². The Bertz CT molecular complexity index is 757. The quantitative estimate of drug-likeness (QED) is 0.521. The Balaban J connectivity index is 1.25. The maximum atomic E-state index is 13.0. The van der Waals surface area contributed by atoms with Crippen molar-refractivity contribution in [1.29, 1.82) is 0 Å². The van der Waals surface area contributed by atoms with Gasteiger partial charge in [0.2, 0.25) is 0 Å². The van der Waals surface area contributed by atoms with Gasteiger partial charge >= 0.3 is 12.2 Å². The molecular weight excluding hydrogens is 443 g/mol. The second-order valence-corrected chi connectivity index (χ2v) is 9.95. The number of anilines is 1. The summed E-state index contributed by atoms with van der Waals surface area (Å²) in [6, 6.07) is 5.76. The zero-order valence-electron chi connectivity index (χ0n) is 20.5. The van der Waals surface area contributed by atoms with Crippen LogP contribution >= 0.6 is 0 Å². The monoisotopic (exact) mass is 483 g/mol. The lowest BCUT2D eigenvalue weighted by molar-refractivity contribution is -0.137. The minimum atomic E-state index is -4.31. The van der Waals surface area contributed by atoms with Gasteiger partial charge in [0, 0.05) is 64.1 Å². The number of unbranched alkanes of at least 4 members (excludes halogenated alkanes) is 1. The second-order valence-electron chi connectivity index (χ2n) is 9.95. The Morgan fingerprint density at radius 2 is 1.74 bits per heavy atom. The number of hydrogen-bond donors (Lipinski definition) is 2. The van der Waals surface area contributed by atoms with Gasteiger partial charge in [-0.15, -0.1) is 0 Å². The van der Waals surface area contributed by atoms with Gasteiger partial charge in [-0.25, -0.2) is 4.79 Å². The number of piperidine rings is 1. The molecule has 2 amide bonds. The van der Waals surface area contributed by atoms with Crippen molar-refractivity contribution in [2.45, 2.75) is 51.7 Å². The van der Waals surface area contributed by atoms with E-state index in [1.54, 1.807) is 6.07 Å². The molecule has 3 rings (SSSR count). The number of nitrogens with zero attached hydrogens (tertiary/aromatic N) is 3. The lowest BCUT2D eigenvalue weighted by Gasteiger charge is -2.36. The van der Waals surface area contributed by atoms with Crippen molar-refractivity contribution in [3.05, 3.63) is 29.8 Å². The highest BCUT2D eigenvalue weighted by atomic mass is 19.4. The Hall–Kier alpha value is -2.00. The number of halogens is 3. The van der Waals surface area contributed by atoms with Gasteiger partial charge in [0.25, 0.3) is 0 Å². The molecule has 0 bridgehead atoms. The molecule has 0 aromatic heterocycles. The highest BCUT2D eigenvalue weighted by molar-refractivity contribution is 5.74. The molecule has 0 aliphatic carbocycles. The van der Waals surface area contributed by atoms with Gasteiger partial charge in [0.15, 0.2) is 0 Å². The number of rotatable bonds is 9. The predicted octanol–water partition coefficient (Wildman–Crippen LogP) is 4.03. The van der Waals surface area contributed by atoms with Crippen LogP contribution in [0.15, 0.2) is 24.3 Å². The molecule has 2 fully saturated rings. The molecule has 0 radical (unpaired) electrons. The van der Waals surface area contributed by atoms with Crippen molar-refractivity contribution in [2.24, 2.45) is 5.92 Å². The third-order valence-electron chi connectivity index (χ3n) is 6.64. The first-order valence-corrected chi connectivity index (χ1v) is 12.6. The Morgan fingerprint density at radius 1 is 1.03 bits per heavy atom. The molecule has 2 N–H and O–H groups in total. The number of nitrogens with one attached hydrogen (secondary N) is 2. The molecular formula is C25H40F3N5O. The first-order chi connectivity index (χ1) is 16.2. The normalized spacial score (nSPS) is 18.9. The highest BCUT2D eigenvalue weighted by Gasteiger charge is 2.31. The van der Waals surface area contributed by atoms with E-state index in [9.17, 15) is 18.0 Å². The van der Waals surface area contributed by atoms with E-state index in [0.29, 0.717) is 18.2 Å². The smallest absolute Gasteiger partial charge is 0.369 e. The molecule has 0 atom stereocenters. The van der Waals surface area contributed by atoms with Gasteiger partial charge in [-0.1, -0.05) is 19.9 Å². The van der Waals surface area contributed by atoms with Crippen LogP contribution in [0.5, 0.6) is 0 Å². The van der Waals surface area contributed by atoms with E-state index < -0.39 is 11.7 Å². The number of likely N-dealkylation sites (tertiary alicyclic amines) is 1. The Morgan fingerprint density at radius 3 is 2.38 bits per heavy atom. The van der Waals surface area contributed by atoms with Gasteiger partial charge in [-0.2, -0.15) is 13.2 Å². The summed E-state index contributed by atoms with van der Waals surface area (Å²) in [4.78, 5) is 19.0. The molecule has 34 heavy (non-hydrogen) atoms. The summed E-state index contributed by atoms with van der Waals surface area (Å²) < 4.78 is 38.9. The first kappa shape index (κ1) is 26.6. The van der Waals surface area contributed by atoms with Gasteiger partial charge in [-0.3, -0.25) is 4.90 Å². The van der Waals surface area contributed by atoms with Crippen LogP contribution in [0.25, 0.3) is 0 Å². The van der Waals surface area contributed by atoms with Crippen molar-refractivity contribution in [1.82, 2.24) is 20.4 Å². The van der Waals surface area contributed by atoms with Crippen LogP contribution in [-0.4, -0.2) is 80.8 Å². The second kappa shape index (κ2) is 12.6. The number of carbonyl (C=O) groups excluding carboxylic acids is 1. The Kier molecular flexibility index (Phi) is 9.88. The van der Waals surface area contributed by atoms with Crippen LogP contribution in [0.1, 0.15) is 45.1 Å².